The Kier molecular flexibility index (Phi) is 2.96. The molecule has 0 spiro atoms. The highest BCUT2D eigenvalue weighted by atomic mass is 16.5. The third kappa shape index (κ3) is 2.15. The average molecular weight is 205 g/mol. The van der Waals surface area contributed by atoms with Gasteiger partial charge in [0.05, 0.1) is 12.1 Å². The minimum absolute atomic E-state index is 0.324. The molecule has 1 heterocycles. The van der Waals surface area contributed by atoms with Crippen LogP contribution in [0.3, 0.4) is 0 Å². The third-order valence-corrected chi connectivity index (χ3v) is 3.32. The number of ether oxygens (including phenoxy) is 1. The van der Waals surface area contributed by atoms with E-state index in [2.05, 4.69) is 44.3 Å². The van der Waals surface area contributed by atoms with Gasteiger partial charge in [0, 0.05) is 12.3 Å². The maximum atomic E-state index is 5.55. The Hall–Kier alpha value is -1.02. The van der Waals surface area contributed by atoms with Crippen molar-refractivity contribution in [3.05, 3.63) is 29.3 Å². The molecule has 0 amide bonds. The number of hydrogen-bond donors (Lipinski definition) is 1. The summed E-state index contributed by atoms with van der Waals surface area (Å²) in [4.78, 5) is 0. The van der Waals surface area contributed by atoms with Crippen molar-refractivity contribution in [1.29, 1.82) is 0 Å². The van der Waals surface area contributed by atoms with Crippen molar-refractivity contribution < 1.29 is 4.74 Å². The largest absolute Gasteiger partial charge is 0.379 e. The van der Waals surface area contributed by atoms with E-state index in [9.17, 15) is 0 Å². The van der Waals surface area contributed by atoms with Crippen molar-refractivity contribution in [2.45, 2.75) is 39.3 Å². The first-order chi connectivity index (χ1) is 7.18. The van der Waals surface area contributed by atoms with Crippen LogP contribution in [0.2, 0.25) is 0 Å². The van der Waals surface area contributed by atoms with Crippen LogP contribution in [0.5, 0.6) is 0 Å². The van der Waals surface area contributed by atoms with Crippen LogP contribution < -0.4 is 5.32 Å². The van der Waals surface area contributed by atoms with E-state index >= 15 is 0 Å². The zero-order valence-electron chi connectivity index (χ0n) is 9.71. The van der Waals surface area contributed by atoms with Gasteiger partial charge in [-0.2, -0.15) is 0 Å². The lowest BCUT2D eigenvalue weighted by molar-refractivity contribution is 0.121. The van der Waals surface area contributed by atoms with E-state index in [-0.39, 0.29) is 0 Å². The number of hydrogen-bond acceptors (Lipinski definition) is 2. The van der Waals surface area contributed by atoms with Crippen molar-refractivity contribution in [2.75, 3.05) is 11.9 Å². The molecular weight excluding hydrogens is 186 g/mol. The second kappa shape index (κ2) is 4.23. The fourth-order valence-corrected chi connectivity index (χ4v) is 2.03. The molecule has 0 radical (unpaired) electrons. The number of aryl methyl sites for hydroxylation is 1. The number of nitrogens with one attached hydrogen (secondary N) is 1. The molecule has 1 fully saturated rings. The van der Waals surface area contributed by atoms with E-state index in [1.54, 1.807) is 0 Å². The van der Waals surface area contributed by atoms with E-state index in [0.29, 0.717) is 12.1 Å². The van der Waals surface area contributed by atoms with Crippen molar-refractivity contribution in [3.8, 4) is 0 Å². The summed E-state index contributed by atoms with van der Waals surface area (Å²) < 4.78 is 5.55. The summed E-state index contributed by atoms with van der Waals surface area (Å²) in [5.41, 5.74) is 3.93. The van der Waals surface area contributed by atoms with Gasteiger partial charge in [-0.05, 0) is 44.4 Å². The molecule has 15 heavy (non-hydrogen) atoms. The van der Waals surface area contributed by atoms with Gasteiger partial charge in [-0.25, -0.2) is 0 Å². The Morgan fingerprint density at radius 1 is 1.33 bits per heavy atom. The molecule has 82 valence electrons. The number of anilines is 1. The van der Waals surface area contributed by atoms with Gasteiger partial charge in [0.2, 0.25) is 0 Å². The molecule has 1 aliphatic rings. The Morgan fingerprint density at radius 3 is 2.80 bits per heavy atom. The molecule has 2 rings (SSSR count). The summed E-state index contributed by atoms with van der Waals surface area (Å²) in [5, 5.41) is 3.57. The van der Waals surface area contributed by atoms with Crippen LogP contribution in [0, 0.1) is 13.8 Å². The standard InChI is InChI=1S/C13H19NO/c1-9-5-4-6-12(10(9)2)14-13-7-8-15-11(13)3/h4-6,11,13-14H,7-8H2,1-3H3. The molecule has 2 nitrogen and oxygen atoms in total. The molecule has 1 aromatic carbocycles. The van der Waals surface area contributed by atoms with Gasteiger partial charge in [0.15, 0.2) is 0 Å². The summed E-state index contributed by atoms with van der Waals surface area (Å²) in [6.45, 7) is 7.33. The summed E-state index contributed by atoms with van der Waals surface area (Å²) in [5.74, 6) is 0. The maximum Gasteiger partial charge on any atom is 0.0748 e. The quantitative estimate of drug-likeness (QED) is 0.801. The van der Waals surface area contributed by atoms with E-state index in [0.717, 1.165) is 13.0 Å². The minimum Gasteiger partial charge on any atom is -0.379 e. The molecule has 1 N–H and O–H groups in total. The monoisotopic (exact) mass is 205 g/mol. The van der Waals surface area contributed by atoms with Crippen molar-refractivity contribution in [3.63, 3.8) is 0 Å². The van der Waals surface area contributed by atoms with Crippen LogP contribution in [-0.4, -0.2) is 18.8 Å². The summed E-state index contributed by atoms with van der Waals surface area (Å²) >= 11 is 0. The van der Waals surface area contributed by atoms with Gasteiger partial charge in [-0.3, -0.25) is 0 Å². The smallest absolute Gasteiger partial charge is 0.0748 e. The first kappa shape index (κ1) is 10.5. The average Bonchev–Trinajstić information content (AvgIpc) is 2.60. The Bertz CT molecular complexity index is 348. The van der Waals surface area contributed by atoms with Gasteiger partial charge in [-0.1, -0.05) is 12.1 Å². The SMILES string of the molecule is Cc1cccc(NC2CCOC2C)c1C. The second-order valence-corrected chi connectivity index (χ2v) is 4.36. The molecule has 1 aliphatic heterocycles. The molecule has 2 heteroatoms. The highest BCUT2D eigenvalue weighted by Crippen LogP contribution is 2.23. The zero-order chi connectivity index (χ0) is 10.8. The summed E-state index contributed by atoms with van der Waals surface area (Å²) in [6.07, 6.45) is 1.43. The van der Waals surface area contributed by atoms with Crippen LogP contribution >= 0.6 is 0 Å². The normalized spacial score (nSPS) is 25.5. The molecule has 0 bridgehead atoms. The first-order valence-corrected chi connectivity index (χ1v) is 5.63. The third-order valence-electron chi connectivity index (χ3n) is 3.32. The van der Waals surface area contributed by atoms with Gasteiger partial charge in [0.25, 0.3) is 0 Å². The van der Waals surface area contributed by atoms with Crippen LogP contribution in [0.1, 0.15) is 24.5 Å². The summed E-state index contributed by atoms with van der Waals surface area (Å²) in [6, 6.07) is 6.86. The Morgan fingerprint density at radius 2 is 2.13 bits per heavy atom. The highest BCUT2D eigenvalue weighted by Gasteiger charge is 2.24. The van der Waals surface area contributed by atoms with E-state index in [1.807, 2.05) is 0 Å². The Labute approximate surface area is 91.6 Å². The van der Waals surface area contributed by atoms with E-state index in [1.165, 1.54) is 16.8 Å². The summed E-state index contributed by atoms with van der Waals surface area (Å²) in [7, 11) is 0. The Balaban J connectivity index is 2.13. The number of rotatable bonds is 2. The molecule has 1 aromatic rings. The minimum atomic E-state index is 0.324. The van der Waals surface area contributed by atoms with E-state index < -0.39 is 0 Å². The molecule has 2 atom stereocenters. The van der Waals surface area contributed by atoms with Crippen molar-refractivity contribution in [2.24, 2.45) is 0 Å². The molecule has 0 saturated carbocycles. The molecule has 0 aliphatic carbocycles. The molecule has 1 saturated heterocycles. The maximum absolute atomic E-state index is 5.55. The predicted molar refractivity (Wildman–Crippen MR) is 63.4 cm³/mol. The van der Waals surface area contributed by atoms with Crippen LogP contribution in [-0.2, 0) is 4.74 Å². The lowest BCUT2D eigenvalue weighted by Gasteiger charge is -2.19. The molecule has 0 aromatic heterocycles. The van der Waals surface area contributed by atoms with Gasteiger partial charge < -0.3 is 10.1 Å². The molecule has 2 unspecified atom stereocenters. The lowest BCUT2D eigenvalue weighted by atomic mass is 10.1. The topological polar surface area (TPSA) is 21.3 Å². The van der Waals surface area contributed by atoms with Gasteiger partial charge >= 0.3 is 0 Å². The van der Waals surface area contributed by atoms with Crippen LogP contribution in [0.4, 0.5) is 5.69 Å². The zero-order valence-corrected chi connectivity index (χ0v) is 9.71. The van der Waals surface area contributed by atoms with Crippen LogP contribution in [0.15, 0.2) is 18.2 Å². The number of benzene rings is 1. The van der Waals surface area contributed by atoms with Crippen molar-refractivity contribution in [1.82, 2.24) is 0 Å². The fraction of sp³-hybridized carbons (Fsp3) is 0.538. The predicted octanol–water partition coefficient (Wildman–Crippen LogP) is 2.89. The first-order valence-electron chi connectivity index (χ1n) is 5.63. The van der Waals surface area contributed by atoms with Gasteiger partial charge in [-0.15, -0.1) is 0 Å². The lowest BCUT2D eigenvalue weighted by Crippen LogP contribution is -2.27. The van der Waals surface area contributed by atoms with E-state index in [4.69, 9.17) is 4.74 Å². The fourth-order valence-electron chi connectivity index (χ4n) is 2.03. The van der Waals surface area contributed by atoms with Gasteiger partial charge in [0.1, 0.15) is 0 Å². The second-order valence-electron chi connectivity index (χ2n) is 4.36. The van der Waals surface area contributed by atoms with Crippen molar-refractivity contribution >= 4 is 5.69 Å². The van der Waals surface area contributed by atoms with Crippen LogP contribution in [0.25, 0.3) is 0 Å². The molecular formula is C13H19NO. The highest BCUT2D eigenvalue weighted by molar-refractivity contribution is 5.54.